The number of carbonyl (C=O) groups excluding carboxylic acids is 1. The van der Waals surface area contributed by atoms with Gasteiger partial charge in [-0.3, -0.25) is 4.79 Å². The first-order chi connectivity index (χ1) is 14.2. The van der Waals surface area contributed by atoms with Crippen LogP contribution in [0.4, 0.5) is 0 Å². The fourth-order valence-electron chi connectivity index (χ4n) is 5.00. The quantitative estimate of drug-likeness (QED) is 0.492. The summed E-state index contributed by atoms with van der Waals surface area (Å²) in [5.74, 6) is 0.132. The number of hydrogen-bond donors (Lipinski definition) is 2. The zero-order chi connectivity index (χ0) is 22.3. The van der Waals surface area contributed by atoms with Crippen LogP contribution in [-0.4, -0.2) is 46.7 Å². The average molecular weight is 425 g/mol. The van der Waals surface area contributed by atoms with Gasteiger partial charge in [-0.05, 0) is 43.9 Å². The fourth-order valence-corrected chi connectivity index (χ4v) is 5.00. The van der Waals surface area contributed by atoms with E-state index in [2.05, 4.69) is 20.4 Å². The van der Waals surface area contributed by atoms with Crippen LogP contribution in [0.1, 0.15) is 91.9 Å². The van der Waals surface area contributed by atoms with Crippen molar-refractivity contribution in [2.24, 2.45) is 17.8 Å². The molecule has 0 aromatic rings. The summed E-state index contributed by atoms with van der Waals surface area (Å²) in [6, 6.07) is 0. The van der Waals surface area contributed by atoms with Gasteiger partial charge in [0.05, 0.1) is 30.3 Å². The van der Waals surface area contributed by atoms with Crippen LogP contribution in [0, 0.1) is 17.8 Å². The molecule has 2 N–H and O–H groups in total. The minimum Gasteiger partial charge on any atom is -0.462 e. The highest BCUT2D eigenvalue weighted by Crippen LogP contribution is 2.33. The summed E-state index contributed by atoms with van der Waals surface area (Å²) in [6.07, 6.45) is 6.65. The van der Waals surface area contributed by atoms with E-state index in [0.29, 0.717) is 25.2 Å². The summed E-state index contributed by atoms with van der Waals surface area (Å²) in [6.45, 7) is 12.4. The number of cyclic esters (lactones) is 1. The highest BCUT2D eigenvalue weighted by molar-refractivity contribution is 5.72. The van der Waals surface area contributed by atoms with E-state index in [1.165, 1.54) is 0 Å². The molecule has 0 radical (unpaired) electrons. The van der Waals surface area contributed by atoms with Crippen LogP contribution in [0.15, 0.2) is 12.2 Å². The summed E-state index contributed by atoms with van der Waals surface area (Å²) in [7, 11) is 0. The highest BCUT2D eigenvalue weighted by atomic mass is 16.5. The van der Waals surface area contributed by atoms with Crippen molar-refractivity contribution >= 4 is 5.97 Å². The van der Waals surface area contributed by atoms with Gasteiger partial charge < -0.3 is 19.7 Å². The Balaban J connectivity index is 2.08. The second-order valence-electron chi connectivity index (χ2n) is 9.97. The number of aliphatic hydroxyl groups excluding tert-OH is 2. The van der Waals surface area contributed by atoms with Gasteiger partial charge in [0.2, 0.25) is 0 Å². The minimum atomic E-state index is -0.814. The first kappa shape index (κ1) is 25.4. The number of esters is 1. The molecule has 0 saturated carbocycles. The molecule has 0 aliphatic carbocycles. The largest absolute Gasteiger partial charge is 0.462 e. The number of carbonyl (C=O) groups is 1. The molecule has 8 atom stereocenters. The molecule has 174 valence electrons. The number of rotatable bonds is 2. The molecule has 2 heterocycles. The molecule has 2 bridgehead atoms. The third kappa shape index (κ3) is 7.65. The first-order valence-corrected chi connectivity index (χ1v) is 12.1. The topological polar surface area (TPSA) is 76.0 Å². The number of aliphatic hydroxyl groups is 2. The van der Waals surface area contributed by atoms with Crippen LogP contribution in [0.2, 0.25) is 0 Å². The van der Waals surface area contributed by atoms with Crippen LogP contribution in [0.5, 0.6) is 0 Å². The molecule has 2 rings (SSSR count). The van der Waals surface area contributed by atoms with Gasteiger partial charge >= 0.3 is 5.97 Å². The lowest BCUT2D eigenvalue weighted by Crippen LogP contribution is -2.35. The lowest BCUT2D eigenvalue weighted by Gasteiger charge is -2.27. The average Bonchev–Trinajstić information content (AvgIpc) is 3.02. The van der Waals surface area contributed by atoms with Crippen LogP contribution in [0.3, 0.4) is 0 Å². The van der Waals surface area contributed by atoms with Gasteiger partial charge in [0.25, 0.3) is 0 Å². The summed E-state index contributed by atoms with van der Waals surface area (Å²) >= 11 is 0. The van der Waals surface area contributed by atoms with Gasteiger partial charge in [-0.1, -0.05) is 59.1 Å². The Morgan fingerprint density at radius 2 is 1.73 bits per heavy atom. The third-order valence-corrected chi connectivity index (χ3v) is 6.92. The van der Waals surface area contributed by atoms with Crippen LogP contribution in [-0.2, 0) is 14.3 Å². The maximum Gasteiger partial charge on any atom is 0.308 e. The zero-order valence-electron chi connectivity index (χ0n) is 19.5. The van der Waals surface area contributed by atoms with Gasteiger partial charge in [0, 0.05) is 12.8 Å². The maximum absolute atomic E-state index is 12.6. The zero-order valence-corrected chi connectivity index (χ0v) is 19.5. The number of ether oxygens (including phenoxy) is 2. The van der Waals surface area contributed by atoms with E-state index < -0.39 is 12.2 Å². The van der Waals surface area contributed by atoms with Crippen molar-refractivity contribution in [3.63, 3.8) is 0 Å². The monoisotopic (exact) mass is 424 g/mol. The van der Waals surface area contributed by atoms with Gasteiger partial charge in [-0.15, -0.1) is 0 Å². The smallest absolute Gasteiger partial charge is 0.308 e. The van der Waals surface area contributed by atoms with E-state index in [1.807, 2.05) is 13.8 Å². The van der Waals surface area contributed by atoms with Crippen LogP contribution in [0.25, 0.3) is 0 Å². The van der Waals surface area contributed by atoms with Gasteiger partial charge in [0.15, 0.2) is 0 Å². The predicted molar refractivity (Wildman–Crippen MR) is 119 cm³/mol. The molecule has 2 aliphatic rings. The van der Waals surface area contributed by atoms with Crippen molar-refractivity contribution in [2.75, 3.05) is 0 Å². The molecular weight excluding hydrogens is 380 g/mol. The van der Waals surface area contributed by atoms with Crippen molar-refractivity contribution in [3.8, 4) is 0 Å². The van der Waals surface area contributed by atoms with E-state index in [1.54, 1.807) is 0 Å². The van der Waals surface area contributed by atoms with Crippen molar-refractivity contribution in [1.29, 1.82) is 0 Å². The molecular formula is C25H44O5. The fraction of sp³-hybridized carbons (Fsp3) is 0.880. The van der Waals surface area contributed by atoms with Crippen LogP contribution >= 0.6 is 0 Å². The molecule has 0 aromatic heterocycles. The Morgan fingerprint density at radius 1 is 1.03 bits per heavy atom. The lowest BCUT2D eigenvalue weighted by atomic mass is 9.88. The van der Waals surface area contributed by atoms with Crippen molar-refractivity contribution in [2.45, 2.75) is 122 Å². The van der Waals surface area contributed by atoms with E-state index >= 15 is 0 Å². The lowest BCUT2D eigenvalue weighted by molar-refractivity contribution is -0.154. The normalized spacial score (nSPS) is 40.5. The molecule has 30 heavy (non-hydrogen) atoms. The van der Waals surface area contributed by atoms with Gasteiger partial charge in [-0.2, -0.15) is 0 Å². The number of hydrogen-bond acceptors (Lipinski definition) is 5. The number of fused-ring (bicyclic) bond motifs is 2. The van der Waals surface area contributed by atoms with Crippen molar-refractivity contribution in [3.05, 3.63) is 12.2 Å². The Labute approximate surface area is 183 Å². The second kappa shape index (κ2) is 12.2. The minimum absolute atomic E-state index is 0.00627. The summed E-state index contributed by atoms with van der Waals surface area (Å²) in [4.78, 5) is 12.6. The highest BCUT2D eigenvalue weighted by Gasteiger charge is 2.35. The van der Waals surface area contributed by atoms with E-state index in [0.717, 1.165) is 50.5 Å². The Hall–Kier alpha value is -0.910. The molecule has 2 aliphatic heterocycles. The summed E-state index contributed by atoms with van der Waals surface area (Å²) < 4.78 is 12.0. The Kier molecular flexibility index (Phi) is 10.3. The van der Waals surface area contributed by atoms with Crippen LogP contribution < -0.4 is 0 Å². The summed E-state index contributed by atoms with van der Waals surface area (Å²) in [5.41, 5.74) is 0.958. The summed E-state index contributed by atoms with van der Waals surface area (Å²) in [5, 5.41) is 21.3. The molecule has 2 fully saturated rings. The third-order valence-electron chi connectivity index (χ3n) is 6.92. The molecule has 2 unspecified atom stereocenters. The first-order valence-electron chi connectivity index (χ1n) is 12.1. The molecule has 5 heteroatoms. The molecule has 2 saturated heterocycles. The van der Waals surface area contributed by atoms with Crippen molar-refractivity contribution < 1.29 is 24.5 Å². The molecule has 5 nitrogen and oxygen atoms in total. The molecule has 0 amide bonds. The predicted octanol–water partition coefficient (Wildman–Crippen LogP) is 4.79. The van der Waals surface area contributed by atoms with Gasteiger partial charge in [-0.25, -0.2) is 0 Å². The van der Waals surface area contributed by atoms with E-state index in [9.17, 15) is 15.0 Å². The Bertz CT molecular complexity index is 548. The standard InChI is InChI=1S/C25H44O5/c1-6-9-20-13-16(2)12-19(5)24(27)22(26)15-21-14-18(4)23(29-21)11-8-7-10-17(3)25(28)30-20/h17-24,26-27H,2,6-15H2,1,3-5H3/t17-,18-,19+,20+,21+,22?,23-,24?/m0/s1. The van der Waals surface area contributed by atoms with E-state index in [-0.39, 0.29) is 36.1 Å². The maximum atomic E-state index is 12.6. The second-order valence-corrected chi connectivity index (χ2v) is 9.97. The SMILES string of the molecule is C=C1C[C@@H](CCC)OC(=O)[C@@H](C)CCCC[C@@H]2O[C@@H](CC(O)C(O)[C@H](C)C1)C[C@@H]2C. The van der Waals surface area contributed by atoms with Gasteiger partial charge in [0.1, 0.15) is 6.10 Å². The van der Waals surface area contributed by atoms with Crippen molar-refractivity contribution in [1.82, 2.24) is 0 Å². The Morgan fingerprint density at radius 3 is 2.43 bits per heavy atom. The van der Waals surface area contributed by atoms with E-state index in [4.69, 9.17) is 9.47 Å². The molecule has 0 aromatic carbocycles. The molecule has 0 spiro atoms.